The van der Waals surface area contributed by atoms with Gasteiger partial charge in [0.1, 0.15) is 12.4 Å². The van der Waals surface area contributed by atoms with E-state index in [2.05, 4.69) is 10.4 Å². The molecule has 0 aromatic carbocycles. The van der Waals surface area contributed by atoms with Gasteiger partial charge in [0.25, 0.3) is 5.91 Å². The fraction of sp³-hybridized carbons (Fsp3) is 0.600. The summed E-state index contributed by atoms with van der Waals surface area (Å²) in [6.07, 6.45) is 3.27. The first-order chi connectivity index (χ1) is 7.70. The standard InChI is InChI=1S/C10H17FN4O/c1-2-3-5-13-10(16)9-8(12)7-14-15(9)6-4-11/h7H,2-6,12H2,1H3,(H,13,16). The van der Waals surface area contributed by atoms with Gasteiger partial charge in [-0.25, -0.2) is 4.39 Å². The number of carbonyl (C=O) groups is 1. The minimum Gasteiger partial charge on any atom is -0.396 e. The van der Waals surface area contributed by atoms with Gasteiger partial charge in [-0.2, -0.15) is 5.10 Å². The van der Waals surface area contributed by atoms with E-state index in [9.17, 15) is 9.18 Å². The van der Waals surface area contributed by atoms with E-state index in [0.717, 1.165) is 12.8 Å². The molecule has 0 radical (unpaired) electrons. The molecule has 0 aliphatic carbocycles. The summed E-state index contributed by atoms with van der Waals surface area (Å²) in [5, 5.41) is 6.57. The first kappa shape index (κ1) is 12.5. The van der Waals surface area contributed by atoms with Gasteiger partial charge in [0.05, 0.1) is 18.4 Å². The molecule has 1 heterocycles. The van der Waals surface area contributed by atoms with E-state index in [0.29, 0.717) is 6.54 Å². The van der Waals surface area contributed by atoms with Crippen molar-refractivity contribution in [2.75, 3.05) is 19.0 Å². The summed E-state index contributed by atoms with van der Waals surface area (Å²) in [6.45, 7) is 2.10. The first-order valence-electron chi connectivity index (χ1n) is 5.36. The Morgan fingerprint density at radius 2 is 2.44 bits per heavy atom. The Bertz CT molecular complexity index is 351. The molecule has 0 atom stereocenters. The van der Waals surface area contributed by atoms with Gasteiger partial charge in [0, 0.05) is 6.54 Å². The predicted molar refractivity (Wildman–Crippen MR) is 59.9 cm³/mol. The molecule has 0 bridgehead atoms. The number of nitrogens with one attached hydrogen (secondary N) is 1. The van der Waals surface area contributed by atoms with Gasteiger partial charge in [-0.15, -0.1) is 0 Å². The van der Waals surface area contributed by atoms with Gasteiger partial charge >= 0.3 is 0 Å². The van der Waals surface area contributed by atoms with Crippen molar-refractivity contribution >= 4 is 11.6 Å². The zero-order valence-electron chi connectivity index (χ0n) is 9.37. The minimum atomic E-state index is -0.573. The second kappa shape index (κ2) is 6.09. The topological polar surface area (TPSA) is 72.9 Å². The molecular weight excluding hydrogens is 211 g/mol. The number of hydrogen-bond acceptors (Lipinski definition) is 3. The summed E-state index contributed by atoms with van der Waals surface area (Å²) in [4.78, 5) is 11.7. The van der Waals surface area contributed by atoms with Gasteiger partial charge in [0.15, 0.2) is 0 Å². The van der Waals surface area contributed by atoms with Crippen LogP contribution in [0, 0.1) is 0 Å². The number of anilines is 1. The lowest BCUT2D eigenvalue weighted by Gasteiger charge is -2.07. The van der Waals surface area contributed by atoms with Gasteiger partial charge in [-0.05, 0) is 6.42 Å². The van der Waals surface area contributed by atoms with Crippen molar-refractivity contribution < 1.29 is 9.18 Å². The van der Waals surface area contributed by atoms with Crippen LogP contribution in [0.5, 0.6) is 0 Å². The van der Waals surface area contributed by atoms with Crippen molar-refractivity contribution in [3.8, 4) is 0 Å². The molecule has 0 saturated heterocycles. The Kier molecular flexibility index (Phi) is 4.75. The van der Waals surface area contributed by atoms with Crippen molar-refractivity contribution in [3.05, 3.63) is 11.9 Å². The molecule has 0 unspecified atom stereocenters. The van der Waals surface area contributed by atoms with E-state index in [1.807, 2.05) is 6.92 Å². The molecule has 0 spiro atoms. The van der Waals surface area contributed by atoms with Crippen LogP contribution >= 0.6 is 0 Å². The molecule has 1 amide bonds. The number of aromatic nitrogens is 2. The van der Waals surface area contributed by atoms with Crippen LogP contribution in [0.2, 0.25) is 0 Å². The number of carbonyl (C=O) groups excluding carboxylic acids is 1. The Morgan fingerprint density at radius 1 is 1.69 bits per heavy atom. The van der Waals surface area contributed by atoms with Crippen LogP contribution in [0.4, 0.5) is 10.1 Å². The van der Waals surface area contributed by atoms with Crippen LogP contribution < -0.4 is 11.1 Å². The molecule has 5 nitrogen and oxygen atoms in total. The normalized spacial score (nSPS) is 10.4. The highest BCUT2D eigenvalue weighted by Crippen LogP contribution is 2.10. The number of halogens is 1. The molecule has 1 aromatic rings. The average Bonchev–Trinajstić information content (AvgIpc) is 2.61. The molecular formula is C10H17FN4O. The lowest BCUT2D eigenvalue weighted by atomic mass is 10.3. The molecule has 0 aliphatic heterocycles. The largest absolute Gasteiger partial charge is 0.396 e. The summed E-state index contributed by atoms with van der Waals surface area (Å²) in [5.74, 6) is -0.295. The quantitative estimate of drug-likeness (QED) is 0.712. The maximum atomic E-state index is 12.2. The smallest absolute Gasteiger partial charge is 0.271 e. The second-order valence-corrected chi connectivity index (χ2v) is 3.47. The SMILES string of the molecule is CCCCNC(=O)c1c(N)cnn1CCF. The highest BCUT2D eigenvalue weighted by molar-refractivity contribution is 5.97. The Hall–Kier alpha value is -1.59. The lowest BCUT2D eigenvalue weighted by Crippen LogP contribution is -2.28. The van der Waals surface area contributed by atoms with E-state index in [-0.39, 0.29) is 23.8 Å². The lowest BCUT2D eigenvalue weighted by molar-refractivity contribution is 0.0942. The fourth-order valence-corrected chi connectivity index (χ4v) is 1.36. The van der Waals surface area contributed by atoms with Crippen LogP contribution in [0.3, 0.4) is 0 Å². The summed E-state index contributed by atoms with van der Waals surface area (Å²) >= 11 is 0. The molecule has 1 aromatic heterocycles. The van der Waals surface area contributed by atoms with E-state index in [4.69, 9.17) is 5.73 Å². The highest BCUT2D eigenvalue weighted by Gasteiger charge is 2.15. The molecule has 3 N–H and O–H groups in total. The zero-order chi connectivity index (χ0) is 12.0. The molecule has 6 heteroatoms. The van der Waals surface area contributed by atoms with E-state index >= 15 is 0 Å². The average molecular weight is 228 g/mol. The Balaban J connectivity index is 2.69. The summed E-state index contributed by atoms with van der Waals surface area (Å²) < 4.78 is 13.5. The number of nitrogens with two attached hydrogens (primary N) is 1. The van der Waals surface area contributed by atoms with Gasteiger partial charge in [-0.1, -0.05) is 13.3 Å². The van der Waals surface area contributed by atoms with E-state index < -0.39 is 6.67 Å². The number of alkyl halides is 1. The van der Waals surface area contributed by atoms with Gasteiger partial charge < -0.3 is 11.1 Å². The highest BCUT2D eigenvalue weighted by atomic mass is 19.1. The number of hydrogen-bond donors (Lipinski definition) is 2. The third-order valence-corrected chi connectivity index (χ3v) is 2.20. The van der Waals surface area contributed by atoms with Crippen molar-refractivity contribution in [2.45, 2.75) is 26.3 Å². The monoisotopic (exact) mass is 228 g/mol. The van der Waals surface area contributed by atoms with Crippen LogP contribution in [-0.4, -0.2) is 28.9 Å². The van der Waals surface area contributed by atoms with Crippen LogP contribution in [0.1, 0.15) is 30.3 Å². The molecule has 0 saturated carbocycles. The van der Waals surface area contributed by atoms with Crippen LogP contribution in [-0.2, 0) is 6.54 Å². The molecule has 0 fully saturated rings. The Labute approximate surface area is 93.8 Å². The van der Waals surface area contributed by atoms with Crippen LogP contribution in [0.15, 0.2) is 6.20 Å². The second-order valence-electron chi connectivity index (χ2n) is 3.47. The molecule has 0 aliphatic rings. The maximum absolute atomic E-state index is 12.2. The maximum Gasteiger partial charge on any atom is 0.271 e. The number of rotatable bonds is 6. The molecule has 90 valence electrons. The third-order valence-electron chi connectivity index (χ3n) is 2.20. The summed E-state index contributed by atoms with van der Waals surface area (Å²) in [7, 11) is 0. The number of unbranched alkanes of at least 4 members (excludes halogenated alkanes) is 1. The third kappa shape index (κ3) is 2.95. The van der Waals surface area contributed by atoms with E-state index in [1.165, 1.54) is 10.9 Å². The van der Waals surface area contributed by atoms with Gasteiger partial charge in [-0.3, -0.25) is 9.48 Å². The van der Waals surface area contributed by atoms with Gasteiger partial charge in [0.2, 0.25) is 0 Å². The summed E-state index contributed by atoms with van der Waals surface area (Å²) in [6, 6.07) is 0. The minimum absolute atomic E-state index is 0.0493. The van der Waals surface area contributed by atoms with E-state index in [1.54, 1.807) is 0 Å². The first-order valence-corrected chi connectivity index (χ1v) is 5.36. The van der Waals surface area contributed by atoms with Crippen molar-refractivity contribution in [2.24, 2.45) is 0 Å². The summed E-state index contributed by atoms with van der Waals surface area (Å²) in [5.41, 5.74) is 6.13. The number of nitrogens with zero attached hydrogens (tertiary/aromatic N) is 2. The predicted octanol–water partition coefficient (Wildman–Crippen LogP) is 0.965. The Morgan fingerprint density at radius 3 is 3.06 bits per heavy atom. The van der Waals surface area contributed by atoms with Crippen molar-refractivity contribution in [1.82, 2.24) is 15.1 Å². The number of nitrogen functional groups attached to an aromatic ring is 1. The van der Waals surface area contributed by atoms with Crippen molar-refractivity contribution in [1.29, 1.82) is 0 Å². The fourth-order valence-electron chi connectivity index (χ4n) is 1.36. The molecule has 16 heavy (non-hydrogen) atoms. The number of amides is 1. The zero-order valence-corrected chi connectivity index (χ0v) is 9.37. The van der Waals surface area contributed by atoms with Crippen LogP contribution in [0.25, 0.3) is 0 Å². The number of aryl methyl sites for hydroxylation is 1. The van der Waals surface area contributed by atoms with Crippen molar-refractivity contribution in [3.63, 3.8) is 0 Å². The molecule has 1 rings (SSSR count).